The van der Waals surface area contributed by atoms with Crippen molar-refractivity contribution in [3.8, 4) is 0 Å². The molecule has 0 aliphatic heterocycles. The van der Waals surface area contributed by atoms with Gasteiger partial charge in [0.2, 0.25) is 5.91 Å². The maximum absolute atomic E-state index is 11.5. The van der Waals surface area contributed by atoms with Crippen molar-refractivity contribution in [2.45, 2.75) is 26.4 Å². The smallest absolute Gasteiger partial charge is 0.244 e. The first-order valence-electron chi connectivity index (χ1n) is 6.32. The molecule has 0 saturated carbocycles. The van der Waals surface area contributed by atoms with E-state index in [1.54, 1.807) is 6.08 Å². The van der Waals surface area contributed by atoms with Crippen molar-refractivity contribution >= 4 is 12.0 Å². The van der Waals surface area contributed by atoms with Crippen molar-refractivity contribution in [3.05, 3.63) is 42.0 Å². The molecule has 0 heterocycles. The predicted octanol–water partition coefficient (Wildman–Crippen LogP) is 2.22. The normalized spacial score (nSPS) is 14.4. The topological polar surface area (TPSA) is 49.3 Å². The third-order valence-electron chi connectivity index (χ3n) is 3.01. The monoisotopic (exact) mass is 247 g/mol. The SMILES string of the molecule is CCC(C)C(O)CNC(=O)/C=C/c1ccccc1. The minimum atomic E-state index is -0.482. The van der Waals surface area contributed by atoms with E-state index in [-0.39, 0.29) is 11.8 Å². The second-order valence-electron chi connectivity index (χ2n) is 4.44. The summed E-state index contributed by atoms with van der Waals surface area (Å²) in [4.78, 5) is 11.5. The van der Waals surface area contributed by atoms with Crippen LogP contribution in [0.15, 0.2) is 36.4 Å². The molecule has 18 heavy (non-hydrogen) atoms. The number of nitrogens with one attached hydrogen (secondary N) is 1. The molecule has 3 heteroatoms. The summed E-state index contributed by atoms with van der Waals surface area (Å²) in [6.07, 6.45) is 3.66. The first-order chi connectivity index (χ1) is 8.63. The summed E-state index contributed by atoms with van der Waals surface area (Å²) < 4.78 is 0. The van der Waals surface area contributed by atoms with Gasteiger partial charge in [0.1, 0.15) is 0 Å². The van der Waals surface area contributed by atoms with E-state index in [1.807, 2.05) is 44.2 Å². The second kappa shape index (κ2) is 7.67. The third kappa shape index (κ3) is 5.15. The highest BCUT2D eigenvalue weighted by Crippen LogP contribution is 2.06. The van der Waals surface area contributed by atoms with E-state index < -0.39 is 6.10 Å². The van der Waals surface area contributed by atoms with E-state index >= 15 is 0 Å². The Labute approximate surface area is 109 Å². The third-order valence-corrected chi connectivity index (χ3v) is 3.01. The lowest BCUT2D eigenvalue weighted by molar-refractivity contribution is -0.117. The fraction of sp³-hybridized carbons (Fsp3) is 0.400. The van der Waals surface area contributed by atoms with Gasteiger partial charge in [0.15, 0.2) is 0 Å². The molecule has 0 aliphatic carbocycles. The van der Waals surface area contributed by atoms with Gasteiger partial charge in [-0.05, 0) is 17.6 Å². The molecule has 3 nitrogen and oxygen atoms in total. The van der Waals surface area contributed by atoms with Gasteiger partial charge in [0.05, 0.1) is 6.10 Å². The van der Waals surface area contributed by atoms with E-state index in [4.69, 9.17) is 0 Å². The molecule has 0 fully saturated rings. The van der Waals surface area contributed by atoms with Gasteiger partial charge in [0.25, 0.3) is 0 Å². The first kappa shape index (κ1) is 14.5. The number of hydrogen-bond donors (Lipinski definition) is 2. The molecular weight excluding hydrogens is 226 g/mol. The van der Waals surface area contributed by atoms with Gasteiger partial charge in [-0.1, -0.05) is 50.6 Å². The Morgan fingerprint density at radius 2 is 2.06 bits per heavy atom. The Kier molecular flexibility index (Phi) is 6.15. The van der Waals surface area contributed by atoms with Gasteiger partial charge in [-0.3, -0.25) is 4.79 Å². The molecule has 2 unspecified atom stereocenters. The predicted molar refractivity (Wildman–Crippen MR) is 73.9 cm³/mol. The summed E-state index contributed by atoms with van der Waals surface area (Å²) in [6.45, 7) is 4.29. The molecule has 1 aromatic carbocycles. The minimum Gasteiger partial charge on any atom is -0.391 e. The molecule has 98 valence electrons. The number of hydrogen-bond acceptors (Lipinski definition) is 2. The molecule has 0 saturated heterocycles. The fourth-order valence-electron chi connectivity index (χ4n) is 1.47. The van der Waals surface area contributed by atoms with Crippen LogP contribution in [-0.4, -0.2) is 23.7 Å². The van der Waals surface area contributed by atoms with Crippen LogP contribution in [-0.2, 0) is 4.79 Å². The fourth-order valence-corrected chi connectivity index (χ4v) is 1.47. The van der Waals surface area contributed by atoms with Gasteiger partial charge in [-0.15, -0.1) is 0 Å². The van der Waals surface area contributed by atoms with Crippen molar-refractivity contribution in [2.75, 3.05) is 6.54 Å². The van der Waals surface area contributed by atoms with Crippen LogP contribution in [0.1, 0.15) is 25.8 Å². The summed E-state index contributed by atoms with van der Waals surface area (Å²) in [7, 11) is 0. The number of amides is 1. The second-order valence-corrected chi connectivity index (χ2v) is 4.44. The highest BCUT2D eigenvalue weighted by molar-refractivity contribution is 5.91. The van der Waals surface area contributed by atoms with Crippen LogP contribution in [0.5, 0.6) is 0 Å². The van der Waals surface area contributed by atoms with E-state index in [0.29, 0.717) is 6.54 Å². The summed E-state index contributed by atoms with van der Waals surface area (Å²) >= 11 is 0. The van der Waals surface area contributed by atoms with Crippen molar-refractivity contribution in [2.24, 2.45) is 5.92 Å². The maximum atomic E-state index is 11.5. The molecule has 0 radical (unpaired) electrons. The molecular formula is C15H21NO2. The number of aliphatic hydroxyl groups excluding tert-OH is 1. The summed E-state index contributed by atoms with van der Waals surface area (Å²) in [5.41, 5.74) is 0.982. The number of rotatable bonds is 6. The lowest BCUT2D eigenvalue weighted by atomic mass is 10.0. The lowest BCUT2D eigenvalue weighted by Crippen LogP contribution is -2.34. The van der Waals surface area contributed by atoms with Crippen LogP contribution in [0.2, 0.25) is 0 Å². The highest BCUT2D eigenvalue weighted by Gasteiger charge is 2.12. The first-order valence-corrected chi connectivity index (χ1v) is 6.32. The van der Waals surface area contributed by atoms with Crippen molar-refractivity contribution in [1.29, 1.82) is 0 Å². The number of benzene rings is 1. The van der Waals surface area contributed by atoms with Gasteiger partial charge in [-0.25, -0.2) is 0 Å². The summed E-state index contributed by atoms with van der Waals surface area (Å²) in [5.74, 6) is 0.0182. The molecule has 2 atom stereocenters. The van der Waals surface area contributed by atoms with Crippen LogP contribution in [0, 0.1) is 5.92 Å². The Morgan fingerprint density at radius 3 is 2.67 bits per heavy atom. The molecule has 0 aromatic heterocycles. The Bertz CT molecular complexity index is 387. The Hall–Kier alpha value is -1.61. The van der Waals surface area contributed by atoms with Crippen molar-refractivity contribution in [3.63, 3.8) is 0 Å². The average Bonchev–Trinajstić information content (AvgIpc) is 2.42. The van der Waals surface area contributed by atoms with E-state index in [0.717, 1.165) is 12.0 Å². The van der Waals surface area contributed by atoms with Crippen LogP contribution in [0.4, 0.5) is 0 Å². The number of aliphatic hydroxyl groups is 1. The quantitative estimate of drug-likeness (QED) is 0.757. The average molecular weight is 247 g/mol. The Morgan fingerprint density at radius 1 is 1.39 bits per heavy atom. The summed E-state index contributed by atoms with van der Waals surface area (Å²) in [5, 5.41) is 12.4. The molecule has 1 rings (SSSR count). The van der Waals surface area contributed by atoms with Crippen LogP contribution < -0.4 is 5.32 Å². The minimum absolute atomic E-state index is 0.179. The maximum Gasteiger partial charge on any atom is 0.244 e. The zero-order valence-electron chi connectivity index (χ0n) is 11.0. The molecule has 2 N–H and O–H groups in total. The largest absolute Gasteiger partial charge is 0.391 e. The van der Waals surface area contributed by atoms with Gasteiger partial charge >= 0.3 is 0 Å². The highest BCUT2D eigenvalue weighted by atomic mass is 16.3. The molecule has 0 aliphatic rings. The van der Waals surface area contributed by atoms with Gasteiger partial charge in [0, 0.05) is 12.6 Å². The number of carbonyl (C=O) groups excluding carboxylic acids is 1. The zero-order valence-corrected chi connectivity index (χ0v) is 11.0. The van der Waals surface area contributed by atoms with Crippen molar-refractivity contribution in [1.82, 2.24) is 5.32 Å². The molecule has 1 amide bonds. The standard InChI is InChI=1S/C15H21NO2/c1-3-12(2)14(17)11-16-15(18)10-9-13-7-5-4-6-8-13/h4-10,12,14,17H,3,11H2,1-2H3,(H,16,18)/b10-9+. The van der Waals surface area contributed by atoms with Crippen LogP contribution in [0.25, 0.3) is 6.08 Å². The molecule has 0 spiro atoms. The van der Waals surface area contributed by atoms with Crippen LogP contribution >= 0.6 is 0 Å². The molecule has 1 aromatic rings. The van der Waals surface area contributed by atoms with E-state index in [2.05, 4.69) is 5.32 Å². The van der Waals surface area contributed by atoms with Gasteiger partial charge < -0.3 is 10.4 Å². The zero-order chi connectivity index (χ0) is 13.4. The number of carbonyl (C=O) groups is 1. The van der Waals surface area contributed by atoms with E-state index in [1.165, 1.54) is 6.08 Å². The van der Waals surface area contributed by atoms with Gasteiger partial charge in [-0.2, -0.15) is 0 Å². The molecule has 0 bridgehead atoms. The van der Waals surface area contributed by atoms with Crippen LogP contribution in [0.3, 0.4) is 0 Å². The van der Waals surface area contributed by atoms with Crippen molar-refractivity contribution < 1.29 is 9.90 Å². The Balaban J connectivity index is 2.36. The van der Waals surface area contributed by atoms with E-state index in [9.17, 15) is 9.90 Å². The summed E-state index contributed by atoms with van der Waals surface area (Å²) in [6, 6.07) is 9.63. The lowest BCUT2D eigenvalue weighted by Gasteiger charge is -2.16.